The molecule has 0 N–H and O–H groups in total. The topological polar surface area (TPSA) is 6.48 Å². The minimum absolute atomic E-state index is 0.0775. The van der Waals surface area contributed by atoms with Crippen molar-refractivity contribution in [2.75, 3.05) is 9.80 Å². The van der Waals surface area contributed by atoms with Crippen LogP contribution in [0.2, 0.25) is 0 Å². The Bertz CT molecular complexity index is 3710. The maximum atomic E-state index is 16.8. The predicted octanol–water partition coefficient (Wildman–Crippen LogP) is 19.3. The van der Waals surface area contributed by atoms with Crippen LogP contribution in [0.1, 0.15) is 0 Å². The summed E-state index contributed by atoms with van der Waals surface area (Å²) in [5.74, 6) is -4.94. The number of rotatable bonds is 10. The Morgan fingerprint density at radius 3 is 0.743 bits per heavy atom. The van der Waals surface area contributed by atoms with Crippen LogP contribution in [0.3, 0.4) is 0 Å². The van der Waals surface area contributed by atoms with Gasteiger partial charge in [0.25, 0.3) is 0 Å². The van der Waals surface area contributed by atoms with Crippen molar-refractivity contribution >= 4 is 66.4 Å². The third-order valence-electron chi connectivity index (χ3n) is 13.5. The first-order valence-corrected chi connectivity index (χ1v) is 23.5. The maximum absolute atomic E-state index is 16.8. The summed E-state index contributed by atoms with van der Waals surface area (Å²) in [6, 6.07) is 54.9. The highest BCUT2D eigenvalue weighted by Gasteiger charge is 2.28. The van der Waals surface area contributed by atoms with Crippen molar-refractivity contribution in [2.24, 2.45) is 0 Å². The Balaban J connectivity index is 1.12. The fourth-order valence-electron chi connectivity index (χ4n) is 10.1. The zero-order valence-corrected chi connectivity index (χ0v) is 38.7. The molecule has 0 unspecified atom stereocenters. The van der Waals surface area contributed by atoms with Gasteiger partial charge in [-0.3, -0.25) is 0 Å². The average molecular weight is 985 g/mol. The molecule has 0 fully saturated rings. The fourth-order valence-corrected chi connectivity index (χ4v) is 10.1. The van der Waals surface area contributed by atoms with Gasteiger partial charge in [-0.1, -0.05) is 109 Å². The average Bonchev–Trinajstić information content (AvgIpc) is 3.40. The van der Waals surface area contributed by atoms with Crippen molar-refractivity contribution in [2.45, 2.75) is 0 Å². The molecule has 0 aliphatic heterocycles. The van der Waals surface area contributed by atoms with E-state index in [2.05, 4.69) is 0 Å². The molecular formula is C64H36F8N2. The Labute approximate surface area is 419 Å². The first-order valence-electron chi connectivity index (χ1n) is 23.5. The lowest BCUT2D eigenvalue weighted by Gasteiger charge is -2.30. The van der Waals surface area contributed by atoms with E-state index in [1.54, 1.807) is 36.4 Å². The second kappa shape index (κ2) is 18.4. The normalized spacial score (nSPS) is 11.5. The quantitative estimate of drug-likeness (QED) is 0.0995. The van der Waals surface area contributed by atoms with Crippen LogP contribution in [0.15, 0.2) is 218 Å². The number of benzene rings is 12. The fraction of sp³-hybridized carbons (Fsp3) is 0. The molecular weight excluding hydrogens is 949 g/mol. The van der Waals surface area contributed by atoms with E-state index in [4.69, 9.17) is 0 Å². The molecule has 12 aromatic rings. The number of hydrogen-bond acceptors (Lipinski definition) is 2. The third kappa shape index (κ3) is 8.20. The van der Waals surface area contributed by atoms with E-state index in [9.17, 15) is 17.6 Å². The lowest BCUT2D eigenvalue weighted by Crippen LogP contribution is -2.15. The van der Waals surface area contributed by atoms with Gasteiger partial charge in [-0.25, -0.2) is 35.1 Å². The van der Waals surface area contributed by atoms with Gasteiger partial charge < -0.3 is 9.80 Å². The molecule has 358 valence electrons. The molecule has 0 saturated heterocycles. The van der Waals surface area contributed by atoms with Crippen molar-refractivity contribution in [1.82, 2.24) is 0 Å². The number of halogens is 8. The van der Waals surface area contributed by atoms with Gasteiger partial charge >= 0.3 is 0 Å². The zero-order chi connectivity index (χ0) is 50.8. The Morgan fingerprint density at radius 1 is 0.216 bits per heavy atom. The Morgan fingerprint density at radius 2 is 0.473 bits per heavy atom. The smallest absolute Gasteiger partial charge is 0.147 e. The summed E-state index contributed by atoms with van der Waals surface area (Å²) in [6.07, 6.45) is 0. The van der Waals surface area contributed by atoms with Crippen LogP contribution in [0.5, 0.6) is 0 Å². The van der Waals surface area contributed by atoms with Crippen molar-refractivity contribution < 1.29 is 35.1 Å². The minimum Gasteiger partial charge on any atom is -0.304 e. The highest BCUT2D eigenvalue weighted by atomic mass is 19.2. The standard InChI is InChI=1S/C64H36F8N2/c65-47-9-1-5-39(29-47)43-15-23-53(69)59(33-43)73(60-34-44(16-24-54(60)70)40-6-2-10-48(66)30-40)57-27-19-37-14-22-52-58(28-20-38-13-21-51(57)63(37)64(38)52)74(61-35-45(17-25-55(61)71)41-7-3-11-49(67)31-41)62-36-46(18-26-56(62)72)42-8-4-12-50(68)32-42/h1-36H. The van der Waals surface area contributed by atoms with Crippen molar-refractivity contribution in [3.8, 4) is 44.5 Å². The van der Waals surface area contributed by atoms with E-state index < -0.39 is 46.5 Å². The molecule has 0 saturated carbocycles. The van der Waals surface area contributed by atoms with Crippen LogP contribution in [-0.2, 0) is 0 Å². The first kappa shape index (κ1) is 45.8. The molecule has 74 heavy (non-hydrogen) atoms. The summed E-state index contributed by atoms with van der Waals surface area (Å²) in [4.78, 5) is 2.91. The summed E-state index contributed by atoms with van der Waals surface area (Å²) in [5, 5.41) is 3.83. The highest BCUT2D eigenvalue weighted by molar-refractivity contribution is 6.28. The van der Waals surface area contributed by atoms with Crippen LogP contribution in [0.4, 0.5) is 69.2 Å². The summed E-state index contributed by atoms with van der Waals surface area (Å²) in [7, 11) is 0. The lowest BCUT2D eigenvalue weighted by molar-refractivity contribution is 0.619. The Hall–Kier alpha value is -9.28. The molecule has 0 aromatic heterocycles. The molecule has 0 heterocycles. The third-order valence-corrected chi connectivity index (χ3v) is 13.5. The highest BCUT2D eigenvalue weighted by Crippen LogP contribution is 2.50. The summed E-state index contributed by atoms with van der Waals surface area (Å²) < 4.78 is 126. The van der Waals surface area contributed by atoms with Crippen LogP contribution in [0.25, 0.3) is 76.8 Å². The molecule has 12 rings (SSSR count). The predicted molar refractivity (Wildman–Crippen MR) is 281 cm³/mol. The number of hydrogen-bond donors (Lipinski definition) is 0. The van der Waals surface area contributed by atoms with Gasteiger partial charge in [-0.2, -0.15) is 0 Å². The largest absolute Gasteiger partial charge is 0.304 e. The number of anilines is 6. The monoisotopic (exact) mass is 984 g/mol. The summed E-state index contributed by atoms with van der Waals surface area (Å²) in [6.45, 7) is 0. The molecule has 0 radical (unpaired) electrons. The molecule has 0 amide bonds. The van der Waals surface area contributed by atoms with Crippen LogP contribution >= 0.6 is 0 Å². The van der Waals surface area contributed by atoms with E-state index in [-0.39, 0.29) is 22.7 Å². The second-order valence-electron chi connectivity index (χ2n) is 18.0. The van der Waals surface area contributed by atoms with Gasteiger partial charge in [0.15, 0.2) is 0 Å². The van der Waals surface area contributed by atoms with E-state index in [0.29, 0.717) is 77.4 Å². The van der Waals surface area contributed by atoms with E-state index in [0.717, 1.165) is 10.8 Å². The van der Waals surface area contributed by atoms with Crippen molar-refractivity contribution in [3.63, 3.8) is 0 Å². The minimum atomic E-state index is -0.727. The van der Waals surface area contributed by atoms with Gasteiger partial charge in [0.2, 0.25) is 0 Å². The zero-order valence-electron chi connectivity index (χ0n) is 38.7. The SMILES string of the molecule is Fc1cccc(-c2ccc(F)c(N(c3cc(-c4cccc(F)c4)ccc3F)c3ccc4ccc5c(N(c6cc(-c7cccc(F)c7)ccc6F)c6cc(-c7cccc(F)c7)ccc6F)ccc6ccc3c4c65)c2)c1. The van der Waals surface area contributed by atoms with Gasteiger partial charge in [-0.15, -0.1) is 0 Å². The van der Waals surface area contributed by atoms with Crippen LogP contribution in [0, 0.1) is 46.5 Å². The molecule has 0 aliphatic rings. The van der Waals surface area contributed by atoms with Gasteiger partial charge in [0, 0.05) is 10.8 Å². The van der Waals surface area contributed by atoms with Crippen LogP contribution < -0.4 is 9.80 Å². The molecule has 0 atom stereocenters. The molecule has 0 aliphatic carbocycles. The maximum Gasteiger partial charge on any atom is 0.147 e. The van der Waals surface area contributed by atoms with Gasteiger partial charge in [-0.05, 0) is 175 Å². The van der Waals surface area contributed by atoms with E-state index in [1.807, 2.05) is 36.4 Å². The lowest BCUT2D eigenvalue weighted by atomic mass is 9.91. The second-order valence-corrected chi connectivity index (χ2v) is 18.0. The van der Waals surface area contributed by atoms with Crippen molar-refractivity contribution in [1.29, 1.82) is 0 Å². The summed E-state index contributed by atoms with van der Waals surface area (Å²) >= 11 is 0. The van der Waals surface area contributed by atoms with Gasteiger partial charge in [0.05, 0.1) is 34.1 Å². The van der Waals surface area contributed by atoms with E-state index in [1.165, 1.54) is 155 Å². The number of nitrogens with zero attached hydrogens (tertiary/aromatic N) is 2. The molecule has 12 aromatic carbocycles. The Kier molecular flexibility index (Phi) is 11.4. The van der Waals surface area contributed by atoms with Gasteiger partial charge in [0.1, 0.15) is 46.5 Å². The van der Waals surface area contributed by atoms with E-state index >= 15 is 17.6 Å². The van der Waals surface area contributed by atoms with Crippen LogP contribution in [-0.4, -0.2) is 0 Å². The molecule has 0 spiro atoms. The van der Waals surface area contributed by atoms with Crippen molar-refractivity contribution in [3.05, 3.63) is 265 Å². The molecule has 2 nitrogen and oxygen atoms in total. The first-order chi connectivity index (χ1) is 35.9. The molecule has 0 bridgehead atoms. The summed E-state index contributed by atoms with van der Waals surface area (Å²) in [5.41, 5.74) is 3.92. The molecule has 10 heteroatoms.